The summed E-state index contributed by atoms with van der Waals surface area (Å²) in [6, 6.07) is 3.51. The molecule has 0 saturated carbocycles. The molecule has 2 saturated heterocycles. The lowest BCUT2D eigenvalue weighted by molar-refractivity contribution is -0.133. The van der Waals surface area contributed by atoms with Crippen LogP contribution in [0.4, 0.5) is 0 Å². The van der Waals surface area contributed by atoms with Gasteiger partial charge in [0.1, 0.15) is 0 Å². The standard InChI is InChI=1S/C21H29N5O3/c1-2-16-12-21(29)26-18(22-16)13-17(23-26)15-6-3-11-25(14-15)20(28)8-5-10-24-9-4-7-19(24)27/h12-13,15,23H,2-11,14H2,1H3. The minimum Gasteiger partial charge on any atom is -0.343 e. The predicted molar refractivity (Wildman–Crippen MR) is 109 cm³/mol. The predicted octanol–water partition coefficient (Wildman–Crippen LogP) is 1.69. The third-order valence-corrected chi connectivity index (χ3v) is 6.09. The van der Waals surface area contributed by atoms with Gasteiger partial charge in [-0.2, -0.15) is 0 Å². The molecule has 4 rings (SSSR count). The molecule has 0 radical (unpaired) electrons. The maximum absolute atomic E-state index is 12.7. The molecular formula is C21H29N5O3. The van der Waals surface area contributed by atoms with Crippen molar-refractivity contribution in [1.82, 2.24) is 24.4 Å². The number of nitrogens with zero attached hydrogens (tertiary/aromatic N) is 4. The van der Waals surface area contributed by atoms with Gasteiger partial charge in [-0.25, -0.2) is 9.50 Å². The SMILES string of the molecule is CCc1cc(=O)n2[nH]c(C3CCCN(C(=O)CCCN4CCCC4=O)C3)cc2n1. The van der Waals surface area contributed by atoms with Crippen molar-refractivity contribution in [2.75, 3.05) is 26.2 Å². The molecule has 1 N–H and O–H groups in total. The van der Waals surface area contributed by atoms with Crippen molar-refractivity contribution in [3.05, 3.63) is 33.9 Å². The summed E-state index contributed by atoms with van der Waals surface area (Å²) in [4.78, 5) is 45.0. The number of aromatic nitrogens is 3. The third-order valence-electron chi connectivity index (χ3n) is 6.09. The first-order valence-corrected chi connectivity index (χ1v) is 10.7. The van der Waals surface area contributed by atoms with Crippen LogP contribution < -0.4 is 5.56 Å². The van der Waals surface area contributed by atoms with Gasteiger partial charge in [-0.15, -0.1) is 0 Å². The van der Waals surface area contributed by atoms with E-state index in [9.17, 15) is 14.4 Å². The minimum absolute atomic E-state index is 0.0988. The summed E-state index contributed by atoms with van der Waals surface area (Å²) in [7, 11) is 0. The Morgan fingerprint density at radius 1 is 1.24 bits per heavy atom. The molecule has 1 unspecified atom stereocenters. The summed E-state index contributed by atoms with van der Waals surface area (Å²) < 4.78 is 1.49. The van der Waals surface area contributed by atoms with Gasteiger partial charge in [-0.3, -0.25) is 19.5 Å². The van der Waals surface area contributed by atoms with Crippen LogP contribution in [0.3, 0.4) is 0 Å². The first-order chi connectivity index (χ1) is 14.0. The van der Waals surface area contributed by atoms with E-state index in [1.165, 1.54) is 4.52 Å². The van der Waals surface area contributed by atoms with Crippen LogP contribution in [-0.4, -0.2) is 62.4 Å². The number of rotatable bonds is 6. The molecule has 0 bridgehead atoms. The molecule has 4 heterocycles. The molecule has 2 aliphatic heterocycles. The van der Waals surface area contributed by atoms with Gasteiger partial charge >= 0.3 is 0 Å². The number of aryl methyl sites for hydroxylation is 1. The zero-order valence-corrected chi connectivity index (χ0v) is 17.0. The van der Waals surface area contributed by atoms with Crippen molar-refractivity contribution < 1.29 is 9.59 Å². The van der Waals surface area contributed by atoms with Gasteiger partial charge in [0.25, 0.3) is 5.56 Å². The van der Waals surface area contributed by atoms with Crippen LogP contribution in [-0.2, 0) is 16.0 Å². The van der Waals surface area contributed by atoms with E-state index in [0.717, 1.165) is 56.6 Å². The van der Waals surface area contributed by atoms with E-state index in [1.54, 1.807) is 6.07 Å². The highest BCUT2D eigenvalue weighted by Gasteiger charge is 2.26. The summed E-state index contributed by atoms with van der Waals surface area (Å²) in [6.45, 7) is 4.92. The molecular weight excluding hydrogens is 370 g/mol. The van der Waals surface area contributed by atoms with E-state index in [2.05, 4.69) is 10.1 Å². The first-order valence-electron chi connectivity index (χ1n) is 10.7. The fourth-order valence-electron chi connectivity index (χ4n) is 4.43. The summed E-state index contributed by atoms with van der Waals surface area (Å²) in [5.41, 5.74) is 2.29. The fourth-order valence-corrected chi connectivity index (χ4v) is 4.43. The lowest BCUT2D eigenvalue weighted by Crippen LogP contribution is -2.39. The highest BCUT2D eigenvalue weighted by Crippen LogP contribution is 2.27. The molecule has 0 spiro atoms. The van der Waals surface area contributed by atoms with Crippen LogP contribution in [0, 0.1) is 0 Å². The van der Waals surface area contributed by atoms with Gasteiger partial charge in [-0.1, -0.05) is 6.92 Å². The summed E-state index contributed by atoms with van der Waals surface area (Å²) >= 11 is 0. The van der Waals surface area contributed by atoms with E-state index >= 15 is 0 Å². The Morgan fingerprint density at radius 3 is 2.86 bits per heavy atom. The topological polar surface area (TPSA) is 90.8 Å². The first kappa shape index (κ1) is 19.7. The van der Waals surface area contributed by atoms with Crippen molar-refractivity contribution in [3.63, 3.8) is 0 Å². The van der Waals surface area contributed by atoms with Crippen LogP contribution in [0.5, 0.6) is 0 Å². The van der Waals surface area contributed by atoms with E-state index in [4.69, 9.17) is 0 Å². The van der Waals surface area contributed by atoms with Crippen LogP contribution in [0.2, 0.25) is 0 Å². The molecule has 8 heteroatoms. The number of carbonyl (C=O) groups is 2. The number of aromatic amines is 1. The summed E-state index contributed by atoms with van der Waals surface area (Å²) in [6.07, 6.45) is 5.42. The Bertz CT molecular complexity index is 963. The van der Waals surface area contributed by atoms with Gasteiger partial charge in [0.2, 0.25) is 11.8 Å². The van der Waals surface area contributed by atoms with Crippen molar-refractivity contribution in [1.29, 1.82) is 0 Å². The number of hydrogen-bond acceptors (Lipinski definition) is 4. The Kier molecular flexibility index (Phi) is 5.69. The van der Waals surface area contributed by atoms with Crippen LogP contribution in [0.25, 0.3) is 5.65 Å². The fraction of sp³-hybridized carbons (Fsp3) is 0.619. The molecule has 2 fully saturated rings. The number of likely N-dealkylation sites (tertiary alicyclic amines) is 2. The monoisotopic (exact) mass is 399 g/mol. The summed E-state index contributed by atoms with van der Waals surface area (Å²) in [5, 5.41) is 3.19. The second-order valence-corrected chi connectivity index (χ2v) is 8.11. The van der Waals surface area contributed by atoms with Crippen LogP contribution >= 0.6 is 0 Å². The number of H-pyrrole nitrogens is 1. The van der Waals surface area contributed by atoms with Gasteiger partial charge in [0.05, 0.1) is 0 Å². The lowest BCUT2D eigenvalue weighted by Gasteiger charge is -2.32. The smallest absolute Gasteiger partial charge is 0.272 e. The highest BCUT2D eigenvalue weighted by atomic mass is 16.2. The number of hydrogen-bond donors (Lipinski definition) is 1. The minimum atomic E-state index is -0.0988. The van der Waals surface area contributed by atoms with E-state index in [-0.39, 0.29) is 23.3 Å². The normalized spacial score (nSPS) is 20.0. The van der Waals surface area contributed by atoms with Crippen molar-refractivity contribution in [2.24, 2.45) is 0 Å². The Balaban J connectivity index is 1.38. The molecule has 0 aromatic carbocycles. The number of amides is 2. The maximum Gasteiger partial charge on any atom is 0.272 e. The Hall–Kier alpha value is -2.64. The van der Waals surface area contributed by atoms with Crippen molar-refractivity contribution >= 4 is 17.5 Å². The second-order valence-electron chi connectivity index (χ2n) is 8.11. The maximum atomic E-state index is 12.7. The van der Waals surface area contributed by atoms with Crippen molar-refractivity contribution in [2.45, 2.75) is 57.8 Å². The third kappa shape index (κ3) is 4.21. The lowest BCUT2D eigenvalue weighted by atomic mass is 9.94. The highest BCUT2D eigenvalue weighted by molar-refractivity contribution is 5.78. The molecule has 8 nitrogen and oxygen atoms in total. The molecule has 0 aliphatic carbocycles. The van der Waals surface area contributed by atoms with Gasteiger partial charge in [0.15, 0.2) is 5.65 Å². The number of piperidine rings is 1. The zero-order chi connectivity index (χ0) is 20.4. The van der Waals surface area contributed by atoms with Crippen LogP contribution in [0.1, 0.15) is 62.8 Å². The second kappa shape index (κ2) is 8.39. The Labute approximate surface area is 169 Å². The molecule has 1 atom stereocenters. The van der Waals surface area contributed by atoms with E-state index < -0.39 is 0 Å². The van der Waals surface area contributed by atoms with Gasteiger partial charge < -0.3 is 9.80 Å². The van der Waals surface area contributed by atoms with Crippen LogP contribution in [0.15, 0.2) is 16.9 Å². The molecule has 2 amide bonds. The number of nitrogens with one attached hydrogen (secondary N) is 1. The largest absolute Gasteiger partial charge is 0.343 e. The molecule has 2 aromatic heterocycles. The van der Waals surface area contributed by atoms with Crippen molar-refractivity contribution in [3.8, 4) is 0 Å². The Morgan fingerprint density at radius 2 is 2.10 bits per heavy atom. The van der Waals surface area contributed by atoms with E-state index in [1.807, 2.05) is 22.8 Å². The molecule has 156 valence electrons. The van der Waals surface area contributed by atoms with Gasteiger partial charge in [0, 0.05) is 68.5 Å². The zero-order valence-electron chi connectivity index (χ0n) is 17.0. The molecule has 29 heavy (non-hydrogen) atoms. The quantitative estimate of drug-likeness (QED) is 0.800. The average molecular weight is 399 g/mol. The number of carbonyl (C=O) groups excluding carboxylic acids is 2. The van der Waals surface area contributed by atoms with Gasteiger partial charge in [-0.05, 0) is 32.1 Å². The molecule has 2 aliphatic rings. The average Bonchev–Trinajstić information content (AvgIpc) is 3.34. The molecule has 2 aromatic rings. The van der Waals surface area contributed by atoms with E-state index in [0.29, 0.717) is 31.6 Å². The number of fused-ring (bicyclic) bond motifs is 1. The summed E-state index contributed by atoms with van der Waals surface area (Å²) in [5.74, 6) is 0.546.